The van der Waals surface area contributed by atoms with E-state index in [0.717, 1.165) is 25.7 Å². The fourth-order valence-electron chi connectivity index (χ4n) is 2.85. The van der Waals surface area contributed by atoms with Crippen molar-refractivity contribution in [2.24, 2.45) is 17.8 Å². The van der Waals surface area contributed by atoms with E-state index in [0.29, 0.717) is 24.7 Å². The third-order valence-corrected chi connectivity index (χ3v) is 3.96. The Morgan fingerprint density at radius 2 is 2.00 bits per heavy atom. The van der Waals surface area contributed by atoms with Crippen molar-refractivity contribution in [2.75, 3.05) is 0 Å². The van der Waals surface area contributed by atoms with Crippen LogP contribution in [0.5, 0.6) is 0 Å². The van der Waals surface area contributed by atoms with Crippen molar-refractivity contribution in [3.8, 4) is 6.07 Å². The topological polar surface area (TPSA) is 50.1 Å². The van der Waals surface area contributed by atoms with E-state index in [9.17, 15) is 10.1 Å². The first-order chi connectivity index (χ1) is 9.35. The van der Waals surface area contributed by atoms with Crippen LogP contribution in [0, 0.1) is 29.1 Å². The third kappa shape index (κ3) is 5.77. The first kappa shape index (κ1) is 16.8. The van der Waals surface area contributed by atoms with Crippen molar-refractivity contribution in [2.45, 2.75) is 64.9 Å². The molecule has 0 N–H and O–H groups in total. The highest BCUT2D eigenvalue weighted by molar-refractivity contribution is 5.69. The molecule has 0 spiro atoms. The molecule has 1 saturated carbocycles. The Morgan fingerprint density at radius 1 is 1.40 bits per heavy atom. The summed E-state index contributed by atoms with van der Waals surface area (Å²) in [5, 5.41) is 9.32. The van der Waals surface area contributed by atoms with Crippen molar-refractivity contribution < 1.29 is 9.53 Å². The highest BCUT2D eigenvalue weighted by Crippen LogP contribution is 2.35. The molecule has 0 aromatic heterocycles. The van der Waals surface area contributed by atoms with Crippen molar-refractivity contribution in [3.05, 3.63) is 12.7 Å². The average molecular weight is 277 g/mol. The maximum atomic E-state index is 11.7. The molecule has 20 heavy (non-hydrogen) atoms. The maximum absolute atomic E-state index is 11.7. The molecule has 1 rings (SSSR count). The monoisotopic (exact) mass is 277 g/mol. The van der Waals surface area contributed by atoms with Gasteiger partial charge in [0.1, 0.15) is 5.60 Å². The predicted octanol–water partition coefficient (Wildman–Crippen LogP) is 4.24. The van der Waals surface area contributed by atoms with Gasteiger partial charge in [-0.2, -0.15) is 5.26 Å². The molecule has 1 aliphatic carbocycles. The number of nitriles is 1. The van der Waals surface area contributed by atoms with Gasteiger partial charge >= 0.3 is 5.97 Å². The molecule has 112 valence electrons. The molecule has 1 unspecified atom stereocenters. The lowest BCUT2D eigenvalue weighted by Crippen LogP contribution is -2.25. The van der Waals surface area contributed by atoms with Crippen LogP contribution in [0.15, 0.2) is 12.7 Å². The van der Waals surface area contributed by atoms with Gasteiger partial charge in [0.15, 0.2) is 0 Å². The Kier molecular flexibility index (Phi) is 6.26. The number of esters is 1. The Hall–Kier alpha value is -1.30. The Morgan fingerprint density at radius 3 is 2.45 bits per heavy atom. The highest BCUT2D eigenvalue weighted by atomic mass is 16.6. The summed E-state index contributed by atoms with van der Waals surface area (Å²) in [4.78, 5) is 11.7. The summed E-state index contributed by atoms with van der Waals surface area (Å²) in [5.41, 5.74) is -0.443. The van der Waals surface area contributed by atoms with Gasteiger partial charge in [-0.3, -0.25) is 4.79 Å². The van der Waals surface area contributed by atoms with Crippen LogP contribution in [0.1, 0.15) is 59.3 Å². The molecule has 1 aliphatic rings. The van der Waals surface area contributed by atoms with Crippen molar-refractivity contribution >= 4 is 5.97 Å². The lowest BCUT2D eigenvalue weighted by atomic mass is 9.75. The number of ether oxygens (including phenoxy) is 1. The molecule has 0 aromatic rings. The molecule has 0 radical (unpaired) electrons. The Balaban J connectivity index is 2.39. The number of hydrogen-bond acceptors (Lipinski definition) is 3. The second-order valence-corrected chi connectivity index (χ2v) is 6.77. The second-order valence-electron chi connectivity index (χ2n) is 6.77. The summed E-state index contributed by atoms with van der Waals surface area (Å²) in [6, 6.07) is 2.39. The maximum Gasteiger partial charge on any atom is 0.306 e. The van der Waals surface area contributed by atoms with Crippen LogP contribution >= 0.6 is 0 Å². The van der Waals surface area contributed by atoms with Crippen LogP contribution < -0.4 is 0 Å². The van der Waals surface area contributed by atoms with Crippen molar-refractivity contribution in [3.63, 3.8) is 0 Å². The van der Waals surface area contributed by atoms with Gasteiger partial charge in [-0.25, -0.2) is 0 Å². The molecule has 1 fully saturated rings. The molecule has 3 nitrogen and oxygen atoms in total. The zero-order valence-electron chi connectivity index (χ0n) is 13.0. The zero-order chi connectivity index (χ0) is 15.2. The number of carbonyl (C=O) groups is 1. The molecule has 0 amide bonds. The number of allylic oxidation sites excluding steroid dienone is 1. The van der Waals surface area contributed by atoms with Gasteiger partial charge in [0, 0.05) is 12.3 Å². The molecule has 0 aliphatic heterocycles. The van der Waals surface area contributed by atoms with E-state index < -0.39 is 5.60 Å². The number of rotatable bonds is 5. The largest absolute Gasteiger partial charge is 0.460 e. The Labute approximate surface area is 123 Å². The van der Waals surface area contributed by atoms with E-state index in [1.807, 2.05) is 26.8 Å². The standard InChI is InChI=1S/C17H27NO2/c1-5-13-6-8-14(9-7-13)15(12-18)10-11-16(19)20-17(2,3)4/h5,13-15H,1,6-11H2,2-4H3. The van der Waals surface area contributed by atoms with E-state index in [2.05, 4.69) is 12.6 Å². The molecular weight excluding hydrogens is 250 g/mol. The summed E-state index contributed by atoms with van der Waals surface area (Å²) in [5.74, 6) is 0.820. The minimum atomic E-state index is -0.443. The lowest BCUT2D eigenvalue weighted by molar-refractivity contribution is -0.155. The van der Waals surface area contributed by atoms with Crippen molar-refractivity contribution in [1.82, 2.24) is 0 Å². The van der Waals surface area contributed by atoms with E-state index >= 15 is 0 Å². The fourth-order valence-corrected chi connectivity index (χ4v) is 2.85. The normalized spacial score (nSPS) is 24.5. The predicted molar refractivity (Wildman–Crippen MR) is 79.8 cm³/mol. The van der Waals surface area contributed by atoms with Gasteiger partial charge in [0.05, 0.1) is 6.07 Å². The number of hydrogen-bond donors (Lipinski definition) is 0. The molecule has 0 aromatic carbocycles. The molecule has 3 heteroatoms. The van der Waals surface area contributed by atoms with Crippen LogP contribution in [0.2, 0.25) is 0 Å². The summed E-state index contributed by atoms with van der Waals surface area (Å²) in [6.07, 6.45) is 7.38. The molecule has 0 bridgehead atoms. The number of carbonyl (C=O) groups excluding carboxylic acids is 1. The van der Waals surface area contributed by atoms with Crippen LogP contribution in [0.3, 0.4) is 0 Å². The number of nitrogens with zero attached hydrogens (tertiary/aromatic N) is 1. The summed E-state index contributed by atoms with van der Waals surface area (Å²) in [7, 11) is 0. The van der Waals surface area contributed by atoms with Gasteiger partial charge in [-0.15, -0.1) is 6.58 Å². The summed E-state index contributed by atoms with van der Waals surface area (Å²) >= 11 is 0. The zero-order valence-corrected chi connectivity index (χ0v) is 13.0. The first-order valence-electron chi connectivity index (χ1n) is 7.59. The lowest BCUT2D eigenvalue weighted by Gasteiger charge is -2.29. The summed E-state index contributed by atoms with van der Waals surface area (Å²) < 4.78 is 5.29. The van der Waals surface area contributed by atoms with Gasteiger partial charge in [-0.1, -0.05) is 6.08 Å². The van der Waals surface area contributed by atoms with Gasteiger partial charge < -0.3 is 4.74 Å². The minimum Gasteiger partial charge on any atom is -0.460 e. The Bertz CT molecular complexity index is 367. The van der Waals surface area contributed by atoms with Gasteiger partial charge in [-0.05, 0) is 64.7 Å². The summed E-state index contributed by atoms with van der Waals surface area (Å²) in [6.45, 7) is 9.43. The average Bonchev–Trinajstić information content (AvgIpc) is 2.38. The highest BCUT2D eigenvalue weighted by Gasteiger charge is 2.27. The molecular formula is C17H27NO2. The minimum absolute atomic E-state index is 0.0201. The van der Waals surface area contributed by atoms with Crippen LogP contribution in [0.4, 0.5) is 0 Å². The van der Waals surface area contributed by atoms with Gasteiger partial charge in [0.25, 0.3) is 0 Å². The third-order valence-electron chi connectivity index (χ3n) is 3.96. The molecule has 0 heterocycles. The van der Waals surface area contributed by atoms with E-state index in [-0.39, 0.29) is 11.9 Å². The van der Waals surface area contributed by atoms with Crippen LogP contribution in [-0.2, 0) is 9.53 Å². The second kappa shape index (κ2) is 7.47. The first-order valence-corrected chi connectivity index (χ1v) is 7.59. The quantitative estimate of drug-likeness (QED) is 0.558. The van der Waals surface area contributed by atoms with E-state index in [1.165, 1.54) is 0 Å². The van der Waals surface area contributed by atoms with E-state index in [1.54, 1.807) is 0 Å². The fraction of sp³-hybridized carbons (Fsp3) is 0.765. The van der Waals surface area contributed by atoms with Crippen LogP contribution in [0.25, 0.3) is 0 Å². The van der Waals surface area contributed by atoms with E-state index in [4.69, 9.17) is 4.74 Å². The van der Waals surface area contributed by atoms with Crippen LogP contribution in [-0.4, -0.2) is 11.6 Å². The molecule has 0 saturated heterocycles. The SMILES string of the molecule is C=CC1CCC(C(C#N)CCC(=O)OC(C)(C)C)CC1. The smallest absolute Gasteiger partial charge is 0.306 e. The van der Waals surface area contributed by atoms with Gasteiger partial charge in [0.2, 0.25) is 0 Å². The molecule has 1 atom stereocenters. The van der Waals surface area contributed by atoms with Crippen molar-refractivity contribution in [1.29, 1.82) is 5.26 Å².